The van der Waals surface area contributed by atoms with Gasteiger partial charge in [0.2, 0.25) is 0 Å². The average Bonchev–Trinajstić information content (AvgIpc) is 2.58. The van der Waals surface area contributed by atoms with Gasteiger partial charge in [-0.2, -0.15) is 0 Å². The van der Waals surface area contributed by atoms with Crippen molar-refractivity contribution in [1.29, 1.82) is 0 Å². The Morgan fingerprint density at radius 1 is 1.40 bits per heavy atom. The number of hydrogen-bond donors (Lipinski definition) is 2. The predicted octanol–water partition coefficient (Wildman–Crippen LogP) is 3.43. The summed E-state index contributed by atoms with van der Waals surface area (Å²) in [6.45, 7) is 0. The Bertz CT molecular complexity index is 358. The van der Waals surface area contributed by atoms with Crippen LogP contribution >= 0.6 is 27.5 Å². The molecule has 2 rings (SSSR count). The standard InChI is InChI=1S/C11H13BrClNO/c12-7-4-5-8(13)10(6-7)14-9-2-1-3-11(9)15/h4-6,9,11,14-15H,1-3H2/t9-,11-/m1/s1. The van der Waals surface area contributed by atoms with E-state index in [9.17, 15) is 5.11 Å². The Balaban J connectivity index is 2.12. The second-order valence-corrected chi connectivity index (χ2v) is 5.20. The van der Waals surface area contributed by atoms with Gasteiger partial charge in [-0.25, -0.2) is 0 Å². The number of hydrogen-bond acceptors (Lipinski definition) is 2. The lowest BCUT2D eigenvalue weighted by atomic mass is 10.2. The maximum absolute atomic E-state index is 9.69. The Hall–Kier alpha value is -0.250. The molecule has 1 fully saturated rings. The lowest BCUT2D eigenvalue weighted by Gasteiger charge is -2.18. The van der Waals surface area contributed by atoms with Crippen molar-refractivity contribution in [3.8, 4) is 0 Å². The molecule has 2 atom stereocenters. The third-order valence-corrected chi connectivity index (χ3v) is 3.57. The summed E-state index contributed by atoms with van der Waals surface area (Å²) in [6, 6.07) is 5.82. The molecule has 0 aromatic heterocycles. The summed E-state index contributed by atoms with van der Waals surface area (Å²) >= 11 is 9.46. The van der Waals surface area contributed by atoms with Crippen molar-refractivity contribution in [2.24, 2.45) is 0 Å². The summed E-state index contributed by atoms with van der Waals surface area (Å²) in [7, 11) is 0. The van der Waals surface area contributed by atoms with Crippen LogP contribution in [-0.2, 0) is 0 Å². The van der Waals surface area contributed by atoms with Gasteiger partial charge in [0.15, 0.2) is 0 Å². The molecule has 1 aliphatic carbocycles. The Morgan fingerprint density at radius 3 is 2.87 bits per heavy atom. The Morgan fingerprint density at radius 2 is 2.20 bits per heavy atom. The number of aliphatic hydroxyl groups excluding tert-OH is 1. The molecule has 0 radical (unpaired) electrons. The minimum absolute atomic E-state index is 0.136. The van der Waals surface area contributed by atoms with Crippen molar-refractivity contribution >= 4 is 33.2 Å². The van der Waals surface area contributed by atoms with E-state index in [0.717, 1.165) is 29.4 Å². The van der Waals surface area contributed by atoms with Crippen molar-refractivity contribution in [2.75, 3.05) is 5.32 Å². The number of halogens is 2. The fraction of sp³-hybridized carbons (Fsp3) is 0.455. The molecule has 1 aromatic rings. The molecule has 0 spiro atoms. The maximum atomic E-state index is 9.69. The molecule has 15 heavy (non-hydrogen) atoms. The minimum Gasteiger partial charge on any atom is -0.391 e. The van der Waals surface area contributed by atoms with Gasteiger partial charge in [0.25, 0.3) is 0 Å². The van der Waals surface area contributed by atoms with Gasteiger partial charge in [0, 0.05) is 4.47 Å². The highest BCUT2D eigenvalue weighted by atomic mass is 79.9. The summed E-state index contributed by atoms with van der Waals surface area (Å²) in [5, 5.41) is 13.7. The van der Waals surface area contributed by atoms with E-state index in [1.54, 1.807) is 0 Å². The van der Waals surface area contributed by atoms with Gasteiger partial charge in [-0.1, -0.05) is 27.5 Å². The van der Waals surface area contributed by atoms with E-state index >= 15 is 0 Å². The molecule has 1 aromatic carbocycles. The van der Waals surface area contributed by atoms with Crippen molar-refractivity contribution in [1.82, 2.24) is 0 Å². The van der Waals surface area contributed by atoms with Crippen molar-refractivity contribution in [2.45, 2.75) is 31.4 Å². The van der Waals surface area contributed by atoms with Crippen LogP contribution in [0, 0.1) is 0 Å². The maximum Gasteiger partial charge on any atom is 0.0741 e. The van der Waals surface area contributed by atoms with E-state index in [-0.39, 0.29) is 12.1 Å². The number of anilines is 1. The van der Waals surface area contributed by atoms with E-state index in [4.69, 9.17) is 11.6 Å². The van der Waals surface area contributed by atoms with Crippen LogP contribution in [0.15, 0.2) is 22.7 Å². The van der Waals surface area contributed by atoms with Gasteiger partial charge in [-0.15, -0.1) is 0 Å². The first-order chi connectivity index (χ1) is 7.16. The molecule has 0 amide bonds. The summed E-state index contributed by atoms with van der Waals surface area (Å²) in [6.07, 6.45) is 2.71. The number of aliphatic hydroxyl groups is 1. The zero-order valence-electron chi connectivity index (χ0n) is 8.21. The first-order valence-corrected chi connectivity index (χ1v) is 6.23. The number of nitrogens with one attached hydrogen (secondary N) is 1. The summed E-state index contributed by atoms with van der Waals surface area (Å²) in [5.41, 5.74) is 0.886. The Kier molecular flexibility index (Phi) is 3.54. The van der Waals surface area contributed by atoms with Crippen LogP contribution in [0.1, 0.15) is 19.3 Å². The van der Waals surface area contributed by atoms with E-state index in [1.165, 1.54) is 0 Å². The number of rotatable bonds is 2. The summed E-state index contributed by atoms with van der Waals surface area (Å²) in [4.78, 5) is 0. The highest BCUT2D eigenvalue weighted by Crippen LogP contribution is 2.29. The molecule has 82 valence electrons. The van der Waals surface area contributed by atoms with Crippen molar-refractivity contribution < 1.29 is 5.11 Å². The molecule has 0 saturated heterocycles. The van der Waals surface area contributed by atoms with E-state index in [0.29, 0.717) is 5.02 Å². The molecule has 0 bridgehead atoms. The quantitative estimate of drug-likeness (QED) is 0.874. The van der Waals surface area contributed by atoms with Gasteiger partial charge >= 0.3 is 0 Å². The van der Waals surface area contributed by atoms with Gasteiger partial charge in [0.1, 0.15) is 0 Å². The molecule has 2 nitrogen and oxygen atoms in total. The second kappa shape index (κ2) is 4.73. The van der Waals surface area contributed by atoms with Crippen LogP contribution < -0.4 is 5.32 Å². The van der Waals surface area contributed by atoms with Crippen molar-refractivity contribution in [3.05, 3.63) is 27.7 Å². The lowest BCUT2D eigenvalue weighted by Crippen LogP contribution is -2.27. The topological polar surface area (TPSA) is 32.3 Å². The highest BCUT2D eigenvalue weighted by molar-refractivity contribution is 9.10. The molecule has 0 unspecified atom stereocenters. The molecule has 2 N–H and O–H groups in total. The van der Waals surface area contributed by atoms with E-state index in [2.05, 4.69) is 21.2 Å². The first-order valence-electron chi connectivity index (χ1n) is 5.06. The summed E-state index contributed by atoms with van der Waals surface area (Å²) in [5.74, 6) is 0. The minimum atomic E-state index is -0.250. The largest absolute Gasteiger partial charge is 0.391 e. The predicted molar refractivity (Wildman–Crippen MR) is 66.4 cm³/mol. The molecule has 1 aliphatic rings. The van der Waals surface area contributed by atoms with Crippen LogP contribution in [-0.4, -0.2) is 17.3 Å². The summed E-state index contributed by atoms with van der Waals surface area (Å²) < 4.78 is 0.988. The van der Waals surface area contributed by atoms with Crippen LogP contribution in [0.3, 0.4) is 0 Å². The zero-order chi connectivity index (χ0) is 10.8. The van der Waals surface area contributed by atoms with Crippen LogP contribution in [0.2, 0.25) is 5.02 Å². The molecule has 0 heterocycles. The second-order valence-electron chi connectivity index (χ2n) is 3.87. The van der Waals surface area contributed by atoms with Crippen LogP contribution in [0.25, 0.3) is 0 Å². The van der Waals surface area contributed by atoms with Gasteiger partial charge in [0.05, 0.1) is 22.9 Å². The molecule has 4 heteroatoms. The van der Waals surface area contributed by atoms with E-state index in [1.807, 2.05) is 18.2 Å². The smallest absolute Gasteiger partial charge is 0.0741 e. The van der Waals surface area contributed by atoms with Crippen LogP contribution in [0.4, 0.5) is 5.69 Å². The van der Waals surface area contributed by atoms with Crippen molar-refractivity contribution in [3.63, 3.8) is 0 Å². The van der Waals surface area contributed by atoms with E-state index < -0.39 is 0 Å². The zero-order valence-corrected chi connectivity index (χ0v) is 10.6. The Labute approximate surface area is 103 Å². The van der Waals surface area contributed by atoms with Gasteiger partial charge in [-0.05, 0) is 37.5 Å². The molecular weight excluding hydrogens is 277 g/mol. The van der Waals surface area contributed by atoms with Crippen LogP contribution in [0.5, 0.6) is 0 Å². The molecular formula is C11H13BrClNO. The normalized spacial score (nSPS) is 25.5. The van der Waals surface area contributed by atoms with Gasteiger partial charge < -0.3 is 10.4 Å². The fourth-order valence-corrected chi connectivity index (χ4v) is 2.45. The number of benzene rings is 1. The SMILES string of the molecule is O[C@@H]1CCC[C@H]1Nc1cc(Br)ccc1Cl. The third kappa shape index (κ3) is 2.65. The molecule has 1 saturated carbocycles. The average molecular weight is 291 g/mol. The third-order valence-electron chi connectivity index (χ3n) is 2.75. The molecule has 0 aliphatic heterocycles. The fourth-order valence-electron chi connectivity index (χ4n) is 1.92. The van der Waals surface area contributed by atoms with Gasteiger partial charge in [-0.3, -0.25) is 0 Å². The highest BCUT2D eigenvalue weighted by Gasteiger charge is 2.25. The first kappa shape index (κ1) is 11.2. The monoisotopic (exact) mass is 289 g/mol. The lowest BCUT2D eigenvalue weighted by molar-refractivity contribution is 0.172.